The summed E-state index contributed by atoms with van der Waals surface area (Å²) in [5, 5.41) is 19.9. The number of carboxylic acid groups (broad SMARTS) is 1. The highest BCUT2D eigenvalue weighted by atomic mass is 16.4. The molecule has 0 saturated heterocycles. The monoisotopic (exact) mass is 262 g/mol. The summed E-state index contributed by atoms with van der Waals surface area (Å²) in [5.41, 5.74) is 8.14. The third kappa shape index (κ3) is 2.17. The molecular formula is C14H18N2O3. The van der Waals surface area contributed by atoms with E-state index in [0.717, 1.165) is 22.2 Å². The summed E-state index contributed by atoms with van der Waals surface area (Å²) in [4.78, 5) is 11.1. The Balaban J connectivity index is 2.58. The van der Waals surface area contributed by atoms with Gasteiger partial charge in [-0.05, 0) is 25.0 Å². The lowest BCUT2D eigenvalue weighted by atomic mass is 9.97. The van der Waals surface area contributed by atoms with E-state index < -0.39 is 11.9 Å². The van der Waals surface area contributed by atoms with E-state index in [4.69, 9.17) is 10.8 Å². The van der Waals surface area contributed by atoms with Gasteiger partial charge < -0.3 is 20.5 Å². The first-order valence-corrected chi connectivity index (χ1v) is 6.16. The Kier molecular flexibility index (Phi) is 3.48. The first-order chi connectivity index (χ1) is 8.97. The number of aromatic nitrogens is 1. The molecule has 0 amide bonds. The highest BCUT2D eigenvalue weighted by molar-refractivity contribution is 5.90. The molecule has 2 aromatic rings. The van der Waals surface area contributed by atoms with Gasteiger partial charge in [0, 0.05) is 24.7 Å². The summed E-state index contributed by atoms with van der Waals surface area (Å²) in [6.45, 7) is 2.02. The first-order valence-electron chi connectivity index (χ1n) is 6.16. The van der Waals surface area contributed by atoms with Gasteiger partial charge in [0.25, 0.3) is 0 Å². The number of nitrogens with two attached hydrogens (primary N) is 1. The van der Waals surface area contributed by atoms with E-state index in [0.29, 0.717) is 6.42 Å². The molecule has 19 heavy (non-hydrogen) atoms. The molecule has 0 aliphatic carbocycles. The molecule has 0 fully saturated rings. The molecule has 0 aliphatic rings. The first kappa shape index (κ1) is 13.4. The van der Waals surface area contributed by atoms with Crippen LogP contribution in [0.4, 0.5) is 0 Å². The highest BCUT2D eigenvalue weighted by Crippen LogP contribution is 2.32. The number of rotatable bonds is 4. The molecular weight excluding hydrogens is 244 g/mol. The third-order valence-electron chi connectivity index (χ3n) is 3.70. The second-order valence-electron chi connectivity index (χ2n) is 4.77. The topological polar surface area (TPSA) is 88.5 Å². The van der Waals surface area contributed by atoms with E-state index in [1.165, 1.54) is 0 Å². The van der Waals surface area contributed by atoms with Crippen LogP contribution in [0.15, 0.2) is 18.2 Å². The lowest BCUT2D eigenvalue weighted by Crippen LogP contribution is -2.25. The Labute approximate surface area is 111 Å². The molecule has 1 aromatic heterocycles. The minimum atomic E-state index is -0.890. The third-order valence-corrected chi connectivity index (χ3v) is 3.70. The van der Waals surface area contributed by atoms with Crippen molar-refractivity contribution in [3.63, 3.8) is 0 Å². The van der Waals surface area contributed by atoms with Gasteiger partial charge in [0.15, 0.2) is 0 Å². The fourth-order valence-corrected chi connectivity index (χ4v) is 2.47. The van der Waals surface area contributed by atoms with Crippen molar-refractivity contribution in [3.8, 4) is 5.75 Å². The summed E-state index contributed by atoms with van der Waals surface area (Å²) < 4.78 is 1.88. The molecule has 0 radical (unpaired) electrons. The number of fused-ring (bicyclic) bond motifs is 1. The second-order valence-corrected chi connectivity index (χ2v) is 4.77. The molecule has 0 bridgehead atoms. The fourth-order valence-electron chi connectivity index (χ4n) is 2.47. The Morgan fingerprint density at radius 2 is 2.16 bits per heavy atom. The zero-order valence-corrected chi connectivity index (χ0v) is 11.1. The maximum atomic E-state index is 11.1. The van der Waals surface area contributed by atoms with E-state index >= 15 is 0 Å². The fraction of sp³-hybridized carbons (Fsp3) is 0.357. The molecule has 0 saturated carbocycles. The number of hydrogen-bond acceptors (Lipinski definition) is 3. The van der Waals surface area contributed by atoms with Gasteiger partial charge in [-0.15, -0.1) is 0 Å². The van der Waals surface area contributed by atoms with Crippen molar-refractivity contribution >= 4 is 16.9 Å². The SMILES string of the molecule is Cc1c(CC(CN)C(=O)O)c2cccc(O)c2n1C. The van der Waals surface area contributed by atoms with Crippen LogP contribution in [0, 0.1) is 12.8 Å². The molecule has 1 heterocycles. The van der Waals surface area contributed by atoms with E-state index in [-0.39, 0.29) is 12.3 Å². The van der Waals surface area contributed by atoms with Gasteiger partial charge in [-0.25, -0.2) is 0 Å². The number of hydrogen-bond donors (Lipinski definition) is 3. The zero-order chi connectivity index (χ0) is 14.2. The maximum Gasteiger partial charge on any atom is 0.308 e. The summed E-state index contributed by atoms with van der Waals surface area (Å²) in [5.74, 6) is -1.29. The Morgan fingerprint density at radius 3 is 2.74 bits per heavy atom. The number of phenols is 1. The summed E-state index contributed by atoms with van der Waals surface area (Å²) in [6, 6.07) is 5.29. The number of nitrogens with zero attached hydrogens (tertiary/aromatic N) is 1. The number of aromatic hydroxyl groups is 1. The van der Waals surface area contributed by atoms with Crippen molar-refractivity contribution in [3.05, 3.63) is 29.5 Å². The second kappa shape index (κ2) is 4.93. The highest BCUT2D eigenvalue weighted by Gasteiger charge is 2.21. The van der Waals surface area contributed by atoms with E-state index in [2.05, 4.69) is 0 Å². The molecule has 0 spiro atoms. The van der Waals surface area contributed by atoms with Crippen LogP contribution in [0.3, 0.4) is 0 Å². The molecule has 1 atom stereocenters. The van der Waals surface area contributed by atoms with Crippen LogP contribution in [-0.4, -0.2) is 27.3 Å². The molecule has 5 nitrogen and oxygen atoms in total. The van der Waals surface area contributed by atoms with Crippen LogP contribution in [0.1, 0.15) is 11.3 Å². The van der Waals surface area contributed by atoms with Crippen molar-refractivity contribution in [1.82, 2.24) is 4.57 Å². The smallest absolute Gasteiger partial charge is 0.308 e. The van der Waals surface area contributed by atoms with E-state index in [1.54, 1.807) is 12.1 Å². The number of carbonyl (C=O) groups is 1. The van der Waals surface area contributed by atoms with Crippen LogP contribution >= 0.6 is 0 Å². The van der Waals surface area contributed by atoms with Crippen LogP contribution in [-0.2, 0) is 18.3 Å². The molecule has 2 rings (SSSR count). The van der Waals surface area contributed by atoms with Gasteiger partial charge in [0.05, 0.1) is 11.4 Å². The largest absolute Gasteiger partial charge is 0.506 e. The average Bonchev–Trinajstić information content (AvgIpc) is 2.60. The summed E-state index contributed by atoms with van der Waals surface area (Å²) in [6.07, 6.45) is 0.373. The summed E-state index contributed by atoms with van der Waals surface area (Å²) in [7, 11) is 1.86. The summed E-state index contributed by atoms with van der Waals surface area (Å²) >= 11 is 0. The molecule has 5 heteroatoms. The van der Waals surface area contributed by atoms with Gasteiger partial charge in [-0.3, -0.25) is 4.79 Å². The van der Waals surface area contributed by atoms with Gasteiger partial charge in [0.2, 0.25) is 0 Å². The van der Waals surface area contributed by atoms with Crippen LogP contribution in [0.25, 0.3) is 10.9 Å². The van der Waals surface area contributed by atoms with Gasteiger partial charge in [-0.1, -0.05) is 12.1 Å². The molecule has 102 valence electrons. The zero-order valence-electron chi connectivity index (χ0n) is 11.1. The number of para-hydroxylation sites is 1. The maximum absolute atomic E-state index is 11.1. The predicted octanol–water partition coefficient (Wildman–Crippen LogP) is 1.39. The standard InChI is InChI=1S/C14H18N2O3/c1-8-11(6-9(7-15)14(18)19)10-4-3-5-12(17)13(10)16(8)2/h3-5,9,17H,6-7,15H2,1-2H3,(H,18,19). The molecule has 1 aromatic carbocycles. The quantitative estimate of drug-likeness (QED) is 0.777. The van der Waals surface area contributed by atoms with Crippen molar-refractivity contribution in [2.45, 2.75) is 13.3 Å². The average molecular weight is 262 g/mol. The number of carboxylic acids is 1. The lowest BCUT2D eigenvalue weighted by molar-refractivity contribution is -0.141. The van der Waals surface area contributed by atoms with Gasteiger partial charge >= 0.3 is 5.97 Å². The van der Waals surface area contributed by atoms with E-state index in [1.807, 2.05) is 24.6 Å². The van der Waals surface area contributed by atoms with Crippen molar-refractivity contribution in [2.75, 3.05) is 6.54 Å². The van der Waals surface area contributed by atoms with Crippen molar-refractivity contribution in [1.29, 1.82) is 0 Å². The van der Waals surface area contributed by atoms with Crippen LogP contribution < -0.4 is 5.73 Å². The minimum Gasteiger partial charge on any atom is -0.506 e. The van der Waals surface area contributed by atoms with E-state index in [9.17, 15) is 9.90 Å². The normalized spacial score (nSPS) is 12.8. The van der Waals surface area contributed by atoms with Crippen molar-refractivity contribution < 1.29 is 15.0 Å². The lowest BCUT2D eigenvalue weighted by Gasteiger charge is -2.10. The molecule has 0 aliphatic heterocycles. The Bertz CT molecular complexity index is 631. The van der Waals surface area contributed by atoms with Gasteiger partial charge in [0.1, 0.15) is 5.75 Å². The van der Waals surface area contributed by atoms with Crippen LogP contribution in [0.5, 0.6) is 5.75 Å². The Morgan fingerprint density at radius 1 is 1.47 bits per heavy atom. The number of aryl methyl sites for hydroxylation is 1. The predicted molar refractivity (Wildman–Crippen MR) is 73.2 cm³/mol. The minimum absolute atomic E-state index is 0.101. The molecule has 1 unspecified atom stereocenters. The van der Waals surface area contributed by atoms with Crippen LogP contribution in [0.2, 0.25) is 0 Å². The number of aliphatic carboxylic acids is 1. The molecule has 4 N–H and O–H groups in total. The van der Waals surface area contributed by atoms with Gasteiger partial charge in [-0.2, -0.15) is 0 Å². The number of phenolic OH excluding ortho intramolecular Hbond substituents is 1. The van der Waals surface area contributed by atoms with Crippen molar-refractivity contribution in [2.24, 2.45) is 18.7 Å². The number of benzene rings is 1. The Hall–Kier alpha value is -2.01.